The Balaban J connectivity index is 2.62. The fraction of sp³-hybridized carbons (Fsp3) is 0. The summed E-state index contributed by atoms with van der Waals surface area (Å²) < 4.78 is 22.9. The number of anilines is 1. The molecule has 2 aromatic rings. The van der Waals surface area contributed by atoms with Gasteiger partial charge in [0.1, 0.15) is 0 Å². The van der Waals surface area contributed by atoms with Crippen LogP contribution in [-0.4, -0.2) is 18.7 Å². The van der Waals surface area contributed by atoms with Crippen molar-refractivity contribution in [3.63, 3.8) is 0 Å². The van der Waals surface area contributed by atoms with Crippen molar-refractivity contribution in [3.05, 3.63) is 38.9 Å². The van der Waals surface area contributed by atoms with Gasteiger partial charge in [-0.1, -0.05) is 0 Å². The second-order valence-electron chi connectivity index (χ2n) is 3.01. The number of nitrogens with one attached hydrogen (secondary N) is 3. The fourth-order valence-corrected chi connectivity index (χ4v) is 1.59. The Morgan fingerprint density at radius 3 is 2.38 bits per heavy atom. The molecule has 0 aliphatic rings. The lowest BCUT2D eigenvalue weighted by Gasteiger charge is -2.08. The van der Waals surface area contributed by atoms with Gasteiger partial charge in [-0.05, 0) is 18.2 Å². The second-order valence-corrected chi connectivity index (χ2v) is 3.68. The van der Waals surface area contributed by atoms with E-state index >= 15 is 0 Å². The third kappa shape index (κ3) is 2.02. The number of fused-ring (bicyclic) bond motifs is 1. The lowest BCUT2D eigenvalue weighted by atomic mass is 10.3. The summed E-state index contributed by atoms with van der Waals surface area (Å²) >= 11 is -2.43. The average Bonchev–Trinajstić information content (AvgIpc) is 2.19. The van der Waals surface area contributed by atoms with Crippen molar-refractivity contribution >= 4 is 28.0 Å². The first kappa shape index (κ1) is 10.6. The summed E-state index contributed by atoms with van der Waals surface area (Å²) in [5.41, 5.74) is -0.469. The minimum Gasteiger partial charge on any atom is -0.755 e. The number of aromatic amines is 2. The zero-order chi connectivity index (χ0) is 11.7. The number of H-pyrrole nitrogens is 2. The summed E-state index contributed by atoms with van der Waals surface area (Å²) in [6, 6.07) is 4.36. The molecule has 0 aliphatic carbocycles. The molecule has 1 atom stereocenters. The van der Waals surface area contributed by atoms with Gasteiger partial charge in [0, 0.05) is 17.0 Å². The van der Waals surface area contributed by atoms with Crippen molar-refractivity contribution in [2.75, 3.05) is 4.72 Å². The van der Waals surface area contributed by atoms with E-state index in [0.29, 0.717) is 16.7 Å². The molecule has 1 aromatic carbocycles. The number of hydrogen-bond donors (Lipinski definition) is 3. The molecule has 0 bridgehead atoms. The lowest BCUT2D eigenvalue weighted by Crippen LogP contribution is -2.28. The van der Waals surface area contributed by atoms with E-state index in [-0.39, 0.29) is 0 Å². The Hall–Kier alpha value is -1.93. The molecule has 0 fully saturated rings. The summed E-state index contributed by atoms with van der Waals surface area (Å²) in [7, 11) is 0. The van der Waals surface area contributed by atoms with Gasteiger partial charge >= 0.3 is 11.1 Å². The van der Waals surface area contributed by atoms with Gasteiger partial charge in [-0.15, -0.1) is 0 Å². The second kappa shape index (κ2) is 3.91. The van der Waals surface area contributed by atoms with E-state index in [1.54, 1.807) is 0 Å². The van der Waals surface area contributed by atoms with Gasteiger partial charge in [0.25, 0.3) is 0 Å². The van der Waals surface area contributed by atoms with Crippen molar-refractivity contribution in [2.45, 2.75) is 0 Å². The van der Waals surface area contributed by atoms with Crippen molar-refractivity contribution in [2.24, 2.45) is 0 Å². The predicted molar refractivity (Wildman–Crippen MR) is 57.7 cm³/mol. The van der Waals surface area contributed by atoms with Crippen LogP contribution in [-0.2, 0) is 11.3 Å². The molecule has 84 valence electrons. The van der Waals surface area contributed by atoms with Crippen molar-refractivity contribution in [1.82, 2.24) is 9.97 Å². The Bertz CT molecular complexity index is 675. The summed E-state index contributed by atoms with van der Waals surface area (Å²) in [4.78, 5) is 26.7. The van der Waals surface area contributed by atoms with Crippen LogP contribution in [0, 0.1) is 0 Å². The highest BCUT2D eigenvalue weighted by Gasteiger charge is 2.00. The van der Waals surface area contributed by atoms with Crippen molar-refractivity contribution < 1.29 is 8.76 Å². The lowest BCUT2D eigenvalue weighted by molar-refractivity contribution is 0.542. The minimum absolute atomic E-state index is 0.295. The van der Waals surface area contributed by atoms with Gasteiger partial charge in [-0.3, -0.25) is 13.8 Å². The molecule has 0 radical (unpaired) electrons. The van der Waals surface area contributed by atoms with E-state index in [9.17, 15) is 18.4 Å². The van der Waals surface area contributed by atoms with Crippen LogP contribution in [0.15, 0.2) is 27.8 Å². The molecule has 0 saturated carbocycles. The molecule has 16 heavy (non-hydrogen) atoms. The smallest absolute Gasteiger partial charge is 0.314 e. The highest BCUT2D eigenvalue weighted by Crippen LogP contribution is 2.13. The van der Waals surface area contributed by atoms with Crippen LogP contribution >= 0.6 is 0 Å². The SMILES string of the molecule is O=c1[nH]c2ccc(NS(=O)[O-])cc2[nH]c1=O. The summed E-state index contributed by atoms with van der Waals surface area (Å²) in [6.45, 7) is 0. The number of rotatable bonds is 2. The molecule has 3 N–H and O–H groups in total. The fourth-order valence-electron chi connectivity index (χ4n) is 1.27. The Morgan fingerprint density at radius 1 is 1.12 bits per heavy atom. The van der Waals surface area contributed by atoms with E-state index in [1.807, 2.05) is 0 Å². The van der Waals surface area contributed by atoms with Crippen LogP contribution in [0.25, 0.3) is 11.0 Å². The van der Waals surface area contributed by atoms with Gasteiger partial charge < -0.3 is 19.2 Å². The molecule has 1 heterocycles. The van der Waals surface area contributed by atoms with Gasteiger partial charge in [-0.2, -0.15) is 0 Å². The first-order valence-corrected chi connectivity index (χ1v) is 5.26. The standard InChI is InChI=1S/C8H7N3O4S/c12-7-8(13)10-6-3-4(11-16(14)15)1-2-5(6)9-7/h1-3,11H,(H,9,12)(H,10,13)(H,14,15)/p-1. The zero-order valence-corrected chi connectivity index (χ0v) is 8.59. The molecule has 8 heteroatoms. The van der Waals surface area contributed by atoms with Crippen LogP contribution < -0.4 is 15.8 Å². The third-order valence-corrected chi connectivity index (χ3v) is 2.33. The van der Waals surface area contributed by atoms with Crippen LogP contribution in [0.1, 0.15) is 0 Å². The number of aromatic nitrogens is 2. The van der Waals surface area contributed by atoms with E-state index in [0.717, 1.165) is 0 Å². The van der Waals surface area contributed by atoms with Crippen LogP contribution in [0.4, 0.5) is 5.69 Å². The van der Waals surface area contributed by atoms with Gasteiger partial charge in [-0.25, -0.2) is 0 Å². The van der Waals surface area contributed by atoms with Crippen LogP contribution in [0.3, 0.4) is 0 Å². The normalized spacial score (nSPS) is 12.6. The Morgan fingerprint density at radius 2 is 1.75 bits per heavy atom. The van der Waals surface area contributed by atoms with Crippen LogP contribution in [0.2, 0.25) is 0 Å². The summed E-state index contributed by atoms with van der Waals surface area (Å²) in [6.07, 6.45) is 0. The molecule has 0 aliphatic heterocycles. The maximum absolute atomic E-state index is 11.0. The van der Waals surface area contributed by atoms with E-state index in [1.165, 1.54) is 18.2 Å². The van der Waals surface area contributed by atoms with Crippen LogP contribution in [0.5, 0.6) is 0 Å². The van der Waals surface area contributed by atoms with E-state index in [2.05, 4.69) is 14.7 Å². The largest absolute Gasteiger partial charge is 0.755 e. The molecule has 0 spiro atoms. The first-order valence-electron chi connectivity index (χ1n) is 4.18. The number of hydrogen-bond acceptors (Lipinski definition) is 4. The van der Waals surface area contributed by atoms with Crippen molar-refractivity contribution in [3.8, 4) is 0 Å². The molecule has 7 nitrogen and oxygen atoms in total. The molecular formula is C8H6N3O4S-. The van der Waals surface area contributed by atoms with Gasteiger partial charge in [0.15, 0.2) is 0 Å². The Kier molecular flexibility index (Phi) is 2.59. The molecule has 0 saturated heterocycles. The number of benzene rings is 1. The molecule has 2 rings (SSSR count). The van der Waals surface area contributed by atoms with Gasteiger partial charge in [0.05, 0.1) is 11.0 Å². The maximum Gasteiger partial charge on any atom is 0.314 e. The van der Waals surface area contributed by atoms with Gasteiger partial charge in [0.2, 0.25) is 0 Å². The topological polar surface area (TPSA) is 118 Å². The third-order valence-electron chi connectivity index (χ3n) is 1.92. The minimum atomic E-state index is -2.43. The average molecular weight is 240 g/mol. The van der Waals surface area contributed by atoms with E-state index < -0.39 is 22.4 Å². The first-order chi connectivity index (χ1) is 7.56. The van der Waals surface area contributed by atoms with E-state index in [4.69, 9.17) is 0 Å². The Labute approximate surface area is 90.9 Å². The van der Waals surface area contributed by atoms with Crippen molar-refractivity contribution in [1.29, 1.82) is 0 Å². The summed E-state index contributed by atoms with van der Waals surface area (Å²) in [5, 5.41) is 0. The molecular weight excluding hydrogens is 234 g/mol. The highest BCUT2D eigenvalue weighted by atomic mass is 32.2. The predicted octanol–water partition coefficient (Wildman–Crippen LogP) is -0.578. The maximum atomic E-state index is 11.0. The monoisotopic (exact) mass is 240 g/mol. The zero-order valence-electron chi connectivity index (χ0n) is 7.77. The molecule has 0 amide bonds. The quantitative estimate of drug-likeness (QED) is 0.480. The summed E-state index contributed by atoms with van der Waals surface area (Å²) in [5.74, 6) is 0. The highest BCUT2D eigenvalue weighted by molar-refractivity contribution is 7.80. The molecule has 1 unspecified atom stereocenters. The molecule has 1 aromatic heterocycles.